The third kappa shape index (κ3) is 4.03. The summed E-state index contributed by atoms with van der Waals surface area (Å²) in [6.45, 7) is 1.92. The molecule has 108 valence electrons. The molecule has 7 heteroatoms. The van der Waals surface area contributed by atoms with Crippen molar-refractivity contribution >= 4 is 39.3 Å². The van der Waals surface area contributed by atoms with E-state index in [1.165, 1.54) is 18.3 Å². The summed E-state index contributed by atoms with van der Waals surface area (Å²) in [7, 11) is 0. The number of pyridine rings is 1. The first-order valence-electron chi connectivity index (χ1n) is 5.99. The standard InChI is InChI=1S/C14H12BrN3O3/c1-8-2-4-10(15)12(6-8)18-14(21)17-9-3-5-11(13(19)20)16-7-9/h2-7H,1H3,(H,19,20)(H2,17,18,21). The number of urea groups is 1. The lowest BCUT2D eigenvalue weighted by Crippen LogP contribution is -2.20. The second-order valence-electron chi connectivity index (χ2n) is 4.30. The van der Waals surface area contributed by atoms with Gasteiger partial charge in [-0.05, 0) is 52.7 Å². The minimum absolute atomic E-state index is 0.0811. The average Bonchev–Trinajstić information content (AvgIpc) is 2.43. The van der Waals surface area contributed by atoms with Gasteiger partial charge in [0.15, 0.2) is 0 Å². The maximum atomic E-state index is 11.9. The van der Waals surface area contributed by atoms with Gasteiger partial charge in [-0.2, -0.15) is 0 Å². The highest BCUT2D eigenvalue weighted by molar-refractivity contribution is 9.10. The van der Waals surface area contributed by atoms with Crippen LogP contribution in [0.5, 0.6) is 0 Å². The van der Waals surface area contributed by atoms with Crippen LogP contribution in [0.4, 0.5) is 16.2 Å². The summed E-state index contributed by atoms with van der Waals surface area (Å²) in [6.07, 6.45) is 1.29. The van der Waals surface area contributed by atoms with Crippen LogP contribution in [-0.4, -0.2) is 22.1 Å². The van der Waals surface area contributed by atoms with Gasteiger partial charge in [0.25, 0.3) is 0 Å². The highest BCUT2D eigenvalue weighted by Gasteiger charge is 2.08. The smallest absolute Gasteiger partial charge is 0.354 e. The Morgan fingerprint density at radius 1 is 1.19 bits per heavy atom. The van der Waals surface area contributed by atoms with E-state index in [1.807, 2.05) is 25.1 Å². The lowest BCUT2D eigenvalue weighted by molar-refractivity contribution is 0.0690. The molecule has 0 atom stereocenters. The van der Waals surface area contributed by atoms with Crippen LogP contribution >= 0.6 is 15.9 Å². The van der Waals surface area contributed by atoms with E-state index in [0.717, 1.165) is 10.0 Å². The van der Waals surface area contributed by atoms with Gasteiger partial charge in [0.2, 0.25) is 0 Å². The lowest BCUT2D eigenvalue weighted by Gasteiger charge is -2.09. The maximum Gasteiger partial charge on any atom is 0.354 e. The Morgan fingerprint density at radius 2 is 1.95 bits per heavy atom. The van der Waals surface area contributed by atoms with Crippen LogP contribution in [0.2, 0.25) is 0 Å². The number of aromatic carboxylic acids is 1. The number of amides is 2. The molecule has 2 aromatic rings. The first kappa shape index (κ1) is 15.0. The van der Waals surface area contributed by atoms with Gasteiger partial charge < -0.3 is 15.7 Å². The second kappa shape index (κ2) is 6.36. The highest BCUT2D eigenvalue weighted by atomic mass is 79.9. The normalized spacial score (nSPS) is 10.0. The van der Waals surface area contributed by atoms with E-state index in [2.05, 4.69) is 31.5 Å². The van der Waals surface area contributed by atoms with E-state index < -0.39 is 12.0 Å². The Labute approximate surface area is 129 Å². The summed E-state index contributed by atoms with van der Waals surface area (Å²) in [5.41, 5.74) is 1.98. The van der Waals surface area contributed by atoms with Gasteiger partial charge in [-0.1, -0.05) is 6.07 Å². The zero-order valence-electron chi connectivity index (χ0n) is 11.1. The first-order valence-corrected chi connectivity index (χ1v) is 6.78. The zero-order valence-corrected chi connectivity index (χ0v) is 12.6. The molecule has 2 amide bonds. The van der Waals surface area contributed by atoms with Crippen molar-refractivity contribution in [3.05, 3.63) is 52.3 Å². The highest BCUT2D eigenvalue weighted by Crippen LogP contribution is 2.23. The molecule has 1 aromatic heterocycles. The Hall–Kier alpha value is -2.41. The molecular weight excluding hydrogens is 338 g/mol. The molecule has 0 bridgehead atoms. The van der Waals surface area contributed by atoms with Crippen LogP contribution in [0, 0.1) is 6.92 Å². The number of aryl methyl sites for hydroxylation is 1. The molecule has 0 fully saturated rings. The van der Waals surface area contributed by atoms with Crippen LogP contribution in [0.15, 0.2) is 41.0 Å². The minimum atomic E-state index is -1.12. The summed E-state index contributed by atoms with van der Waals surface area (Å²) in [5, 5.41) is 14.0. The third-order valence-electron chi connectivity index (χ3n) is 2.61. The summed E-state index contributed by atoms with van der Waals surface area (Å²) in [5.74, 6) is -1.12. The van der Waals surface area contributed by atoms with Crippen molar-refractivity contribution in [1.82, 2.24) is 4.98 Å². The number of carboxylic acid groups (broad SMARTS) is 1. The van der Waals surface area contributed by atoms with Crippen molar-refractivity contribution < 1.29 is 14.7 Å². The molecule has 6 nitrogen and oxygen atoms in total. The Morgan fingerprint density at radius 3 is 2.57 bits per heavy atom. The molecule has 1 aromatic carbocycles. The van der Waals surface area contributed by atoms with Crippen LogP contribution in [0.25, 0.3) is 0 Å². The molecule has 0 aliphatic heterocycles. The molecule has 2 rings (SSSR count). The van der Waals surface area contributed by atoms with Crippen molar-refractivity contribution in [2.45, 2.75) is 6.92 Å². The number of nitrogens with zero attached hydrogens (tertiary/aromatic N) is 1. The fourth-order valence-electron chi connectivity index (χ4n) is 1.61. The number of benzene rings is 1. The molecule has 0 spiro atoms. The van der Waals surface area contributed by atoms with E-state index >= 15 is 0 Å². The number of aromatic nitrogens is 1. The van der Waals surface area contributed by atoms with Crippen LogP contribution < -0.4 is 10.6 Å². The summed E-state index contributed by atoms with van der Waals surface area (Å²) >= 11 is 3.35. The van der Waals surface area contributed by atoms with Gasteiger partial charge >= 0.3 is 12.0 Å². The topological polar surface area (TPSA) is 91.3 Å². The molecule has 0 saturated heterocycles. The second-order valence-corrected chi connectivity index (χ2v) is 5.15. The molecule has 0 saturated carbocycles. The fraction of sp³-hybridized carbons (Fsp3) is 0.0714. The molecular formula is C14H12BrN3O3. The van der Waals surface area contributed by atoms with Gasteiger partial charge in [0, 0.05) is 4.47 Å². The molecule has 0 unspecified atom stereocenters. The van der Waals surface area contributed by atoms with Crippen LogP contribution in [0.1, 0.15) is 16.1 Å². The molecule has 1 heterocycles. The van der Waals surface area contributed by atoms with E-state index in [9.17, 15) is 9.59 Å². The number of nitrogens with one attached hydrogen (secondary N) is 2. The monoisotopic (exact) mass is 349 g/mol. The summed E-state index contributed by atoms with van der Waals surface area (Å²) < 4.78 is 0.766. The molecule has 0 aliphatic rings. The fourth-order valence-corrected chi connectivity index (χ4v) is 1.96. The summed E-state index contributed by atoms with van der Waals surface area (Å²) in [6, 6.07) is 7.94. The molecule has 3 N–H and O–H groups in total. The van der Waals surface area contributed by atoms with Gasteiger partial charge in [-0.3, -0.25) is 0 Å². The number of carbonyl (C=O) groups excluding carboxylic acids is 1. The number of rotatable bonds is 3. The van der Waals surface area contributed by atoms with Crippen LogP contribution in [-0.2, 0) is 0 Å². The van der Waals surface area contributed by atoms with E-state index in [-0.39, 0.29) is 5.69 Å². The number of carbonyl (C=O) groups is 2. The third-order valence-corrected chi connectivity index (χ3v) is 3.30. The van der Waals surface area contributed by atoms with Gasteiger partial charge in [-0.25, -0.2) is 14.6 Å². The number of halogens is 1. The average molecular weight is 350 g/mol. The number of hydrogen-bond donors (Lipinski definition) is 3. The molecule has 0 radical (unpaired) electrons. The van der Waals surface area contributed by atoms with Crippen LogP contribution in [0.3, 0.4) is 0 Å². The summed E-state index contributed by atoms with van der Waals surface area (Å²) in [4.78, 5) is 26.3. The van der Waals surface area contributed by atoms with Crippen molar-refractivity contribution in [2.24, 2.45) is 0 Å². The first-order chi connectivity index (χ1) is 9.95. The number of anilines is 2. The van der Waals surface area contributed by atoms with E-state index in [0.29, 0.717) is 11.4 Å². The predicted molar refractivity (Wildman–Crippen MR) is 82.7 cm³/mol. The Balaban J connectivity index is 2.04. The minimum Gasteiger partial charge on any atom is -0.477 e. The van der Waals surface area contributed by atoms with E-state index in [4.69, 9.17) is 5.11 Å². The Bertz CT molecular complexity index is 686. The molecule has 21 heavy (non-hydrogen) atoms. The van der Waals surface area contributed by atoms with Gasteiger partial charge in [0.05, 0.1) is 17.6 Å². The van der Waals surface area contributed by atoms with Crippen molar-refractivity contribution in [1.29, 1.82) is 0 Å². The quantitative estimate of drug-likeness (QED) is 0.790. The van der Waals surface area contributed by atoms with E-state index in [1.54, 1.807) is 0 Å². The van der Waals surface area contributed by atoms with Crippen molar-refractivity contribution in [3.8, 4) is 0 Å². The zero-order chi connectivity index (χ0) is 15.4. The number of hydrogen-bond acceptors (Lipinski definition) is 3. The lowest BCUT2D eigenvalue weighted by atomic mass is 10.2. The maximum absolute atomic E-state index is 11.9. The SMILES string of the molecule is Cc1ccc(Br)c(NC(=O)Nc2ccc(C(=O)O)nc2)c1. The Kier molecular flexibility index (Phi) is 4.54. The van der Waals surface area contributed by atoms with Gasteiger partial charge in [0.1, 0.15) is 5.69 Å². The number of carboxylic acids is 1. The predicted octanol–water partition coefficient (Wildman–Crippen LogP) is 3.49. The van der Waals surface area contributed by atoms with Crippen molar-refractivity contribution in [2.75, 3.05) is 10.6 Å². The molecule has 0 aliphatic carbocycles. The van der Waals surface area contributed by atoms with Gasteiger partial charge in [-0.15, -0.1) is 0 Å². The van der Waals surface area contributed by atoms with Crippen molar-refractivity contribution in [3.63, 3.8) is 0 Å². The largest absolute Gasteiger partial charge is 0.477 e.